The summed E-state index contributed by atoms with van der Waals surface area (Å²) in [4.78, 5) is 13.4. The van der Waals surface area contributed by atoms with Gasteiger partial charge in [-0.25, -0.2) is 0 Å². The van der Waals surface area contributed by atoms with Crippen LogP contribution < -0.4 is 5.32 Å². The van der Waals surface area contributed by atoms with Crippen LogP contribution in [-0.2, 0) is 18.4 Å². The van der Waals surface area contributed by atoms with Crippen molar-refractivity contribution < 1.29 is 4.79 Å². The van der Waals surface area contributed by atoms with Crippen LogP contribution >= 0.6 is 12.4 Å². The third-order valence-corrected chi connectivity index (χ3v) is 2.43. The Balaban J connectivity index is 0.00000256. The van der Waals surface area contributed by atoms with E-state index < -0.39 is 5.54 Å². The molecule has 0 radical (unpaired) electrons. The van der Waals surface area contributed by atoms with Gasteiger partial charge in [0, 0.05) is 39.4 Å². The van der Waals surface area contributed by atoms with Crippen molar-refractivity contribution >= 4 is 18.3 Å². The van der Waals surface area contributed by atoms with Crippen LogP contribution in [0.5, 0.6) is 0 Å². The number of aryl methyl sites for hydroxylation is 1. The van der Waals surface area contributed by atoms with Crippen LogP contribution in [0.2, 0.25) is 0 Å². The van der Waals surface area contributed by atoms with Gasteiger partial charge in [0.2, 0.25) is 5.91 Å². The van der Waals surface area contributed by atoms with Crippen molar-refractivity contribution in [2.75, 3.05) is 14.1 Å². The van der Waals surface area contributed by atoms with Gasteiger partial charge in [0.25, 0.3) is 0 Å². The molecule has 1 amide bonds. The van der Waals surface area contributed by atoms with Crippen LogP contribution in [0, 0.1) is 0 Å². The van der Waals surface area contributed by atoms with Crippen molar-refractivity contribution in [3.63, 3.8) is 0 Å². The topological polar surface area (TPSA) is 50.2 Å². The highest BCUT2D eigenvalue weighted by Crippen LogP contribution is 2.07. The Morgan fingerprint density at radius 2 is 2.12 bits per heavy atom. The summed E-state index contributed by atoms with van der Waals surface area (Å²) in [6.45, 7) is 4.40. The lowest BCUT2D eigenvalue weighted by Gasteiger charge is -2.28. The summed E-state index contributed by atoms with van der Waals surface area (Å²) < 4.78 is 1.75. The molecule has 0 atom stereocenters. The van der Waals surface area contributed by atoms with Crippen molar-refractivity contribution in [2.45, 2.75) is 25.9 Å². The number of aromatic nitrogens is 2. The van der Waals surface area contributed by atoms with E-state index in [4.69, 9.17) is 0 Å². The van der Waals surface area contributed by atoms with E-state index in [1.165, 1.54) is 0 Å². The number of nitrogens with one attached hydrogen (secondary N) is 1. The predicted octanol–water partition coefficient (Wildman–Crippen LogP) is 0.798. The molecular formula is C11H21ClN4O. The van der Waals surface area contributed by atoms with E-state index in [-0.39, 0.29) is 18.3 Å². The summed E-state index contributed by atoms with van der Waals surface area (Å²) in [5, 5.41) is 7.30. The Labute approximate surface area is 109 Å². The predicted molar refractivity (Wildman–Crippen MR) is 70.1 cm³/mol. The smallest absolute Gasteiger partial charge is 0.241 e. The van der Waals surface area contributed by atoms with Crippen LogP contribution in [0.25, 0.3) is 0 Å². The summed E-state index contributed by atoms with van der Waals surface area (Å²) >= 11 is 0. The zero-order chi connectivity index (χ0) is 12.3. The first kappa shape index (κ1) is 15.9. The molecule has 98 valence electrons. The van der Waals surface area contributed by atoms with E-state index in [9.17, 15) is 4.79 Å². The van der Waals surface area contributed by atoms with Crippen molar-refractivity contribution in [2.24, 2.45) is 7.05 Å². The third kappa shape index (κ3) is 4.36. The van der Waals surface area contributed by atoms with Crippen molar-refractivity contribution in [1.82, 2.24) is 20.0 Å². The van der Waals surface area contributed by atoms with Gasteiger partial charge in [-0.2, -0.15) is 5.10 Å². The molecule has 0 aliphatic rings. The maximum atomic E-state index is 11.8. The van der Waals surface area contributed by atoms with E-state index in [1.54, 1.807) is 29.9 Å². The lowest BCUT2D eigenvalue weighted by molar-refractivity contribution is -0.134. The van der Waals surface area contributed by atoms with Gasteiger partial charge in [-0.3, -0.25) is 14.8 Å². The second kappa shape index (κ2) is 6.02. The summed E-state index contributed by atoms with van der Waals surface area (Å²) in [7, 11) is 5.39. The molecule has 1 N–H and O–H groups in total. The lowest BCUT2D eigenvalue weighted by Crippen LogP contribution is -2.51. The van der Waals surface area contributed by atoms with E-state index in [0.29, 0.717) is 6.54 Å². The minimum absolute atomic E-state index is 0. The molecule has 0 aromatic carbocycles. The maximum Gasteiger partial charge on any atom is 0.241 e. The number of carbonyl (C=O) groups excluding carboxylic acids is 1. The fraction of sp³-hybridized carbons (Fsp3) is 0.636. The Kier molecular flexibility index (Phi) is 5.64. The molecule has 0 unspecified atom stereocenters. The van der Waals surface area contributed by atoms with Crippen molar-refractivity contribution in [3.05, 3.63) is 18.0 Å². The first-order valence-corrected chi connectivity index (χ1v) is 5.27. The number of rotatable bonds is 4. The largest absolute Gasteiger partial charge is 0.347 e. The Morgan fingerprint density at radius 1 is 1.53 bits per heavy atom. The summed E-state index contributed by atoms with van der Waals surface area (Å²) in [5.41, 5.74) is 0.515. The minimum atomic E-state index is -0.556. The fourth-order valence-electron chi connectivity index (χ4n) is 1.52. The molecule has 1 aromatic heterocycles. The van der Waals surface area contributed by atoms with Gasteiger partial charge in [-0.1, -0.05) is 0 Å². The van der Waals surface area contributed by atoms with Crippen LogP contribution in [0.3, 0.4) is 0 Å². The molecule has 17 heavy (non-hydrogen) atoms. The van der Waals surface area contributed by atoms with E-state index in [0.717, 1.165) is 5.56 Å². The molecule has 1 heterocycles. The molecule has 1 rings (SSSR count). The number of amides is 1. The second-order valence-corrected chi connectivity index (χ2v) is 4.70. The molecule has 6 heteroatoms. The molecule has 0 aliphatic heterocycles. The van der Waals surface area contributed by atoms with Gasteiger partial charge in [0.1, 0.15) is 0 Å². The Morgan fingerprint density at radius 3 is 2.53 bits per heavy atom. The summed E-state index contributed by atoms with van der Waals surface area (Å²) in [6, 6.07) is 0. The molecule has 0 aliphatic carbocycles. The van der Waals surface area contributed by atoms with Gasteiger partial charge in [-0.05, 0) is 13.8 Å². The number of nitrogens with zero attached hydrogens (tertiary/aromatic N) is 3. The quantitative estimate of drug-likeness (QED) is 0.871. The molecule has 0 fully saturated rings. The van der Waals surface area contributed by atoms with E-state index in [1.807, 2.05) is 27.1 Å². The van der Waals surface area contributed by atoms with Gasteiger partial charge < -0.3 is 4.90 Å². The van der Waals surface area contributed by atoms with Crippen LogP contribution in [-0.4, -0.2) is 40.2 Å². The number of hydrogen-bond donors (Lipinski definition) is 1. The molecule has 0 bridgehead atoms. The number of carbonyl (C=O) groups is 1. The lowest BCUT2D eigenvalue weighted by atomic mass is 10.0. The first-order chi connectivity index (χ1) is 7.33. The zero-order valence-corrected chi connectivity index (χ0v) is 11.8. The van der Waals surface area contributed by atoms with Gasteiger partial charge in [0.15, 0.2) is 0 Å². The SMILES string of the molecule is CN(C)C(=O)C(C)(C)NCc1cnn(C)c1.Cl. The van der Waals surface area contributed by atoms with E-state index >= 15 is 0 Å². The number of likely N-dealkylation sites (N-methyl/N-ethyl adjacent to an activating group) is 1. The van der Waals surface area contributed by atoms with E-state index in [2.05, 4.69) is 10.4 Å². The Bertz CT molecular complexity index is 373. The van der Waals surface area contributed by atoms with Gasteiger partial charge >= 0.3 is 0 Å². The normalized spacial score (nSPS) is 10.9. The average molecular weight is 261 g/mol. The highest BCUT2D eigenvalue weighted by atomic mass is 35.5. The fourth-order valence-corrected chi connectivity index (χ4v) is 1.52. The Hall–Kier alpha value is -1.07. The maximum absolute atomic E-state index is 11.8. The van der Waals surface area contributed by atoms with Crippen LogP contribution in [0.4, 0.5) is 0 Å². The molecule has 1 aromatic rings. The number of hydrogen-bond acceptors (Lipinski definition) is 3. The third-order valence-electron chi connectivity index (χ3n) is 2.43. The van der Waals surface area contributed by atoms with Gasteiger partial charge in [-0.15, -0.1) is 12.4 Å². The summed E-state index contributed by atoms with van der Waals surface area (Å²) in [6.07, 6.45) is 3.73. The van der Waals surface area contributed by atoms with Crippen LogP contribution in [0.15, 0.2) is 12.4 Å². The van der Waals surface area contributed by atoms with Gasteiger partial charge in [0.05, 0.1) is 11.7 Å². The standard InChI is InChI=1S/C11H20N4O.ClH/c1-11(2,10(16)14(3)4)12-6-9-7-13-15(5)8-9;/h7-8,12H,6H2,1-5H3;1H. The highest BCUT2D eigenvalue weighted by Gasteiger charge is 2.28. The minimum Gasteiger partial charge on any atom is -0.347 e. The summed E-state index contributed by atoms with van der Waals surface area (Å²) in [5.74, 6) is 0.0661. The zero-order valence-electron chi connectivity index (χ0n) is 11.0. The molecule has 0 spiro atoms. The molecule has 5 nitrogen and oxygen atoms in total. The first-order valence-electron chi connectivity index (χ1n) is 5.27. The van der Waals surface area contributed by atoms with Crippen LogP contribution in [0.1, 0.15) is 19.4 Å². The second-order valence-electron chi connectivity index (χ2n) is 4.70. The highest BCUT2D eigenvalue weighted by molar-refractivity contribution is 5.85. The average Bonchev–Trinajstić information content (AvgIpc) is 2.60. The molecule has 0 saturated carbocycles. The molecular weight excluding hydrogens is 240 g/mol. The number of halogens is 1. The monoisotopic (exact) mass is 260 g/mol. The molecule has 0 saturated heterocycles. The van der Waals surface area contributed by atoms with Crippen molar-refractivity contribution in [1.29, 1.82) is 0 Å². The van der Waals surface area contributed by atoms with Crippen molar-refractivity contribution in [3.8, 4) is 0 Å².